The molecular formula is C9H10ClFN-. The van der Waals surface area contributed by atoms with Crippen molar-refractivity contribution in [3.8, 4) is 0 Å². The number of benzene rings is 1. The highest BCUT2D eigenvalue weighted by Gasteiger charge is 2.04. The molecule has 1 aromatic carbocycles. The van der Waals surface area contributed by atoms with Crippen LogP contribution in [0.4, 0.5) is 4.39 Å². The van der Waals surface area contributed by atoms with Gasteiger partial charge in [-0.3, -0.25) is 7.05 Å². The largest absolute Gasteiger partial charge is 0.458 e. The van der Waals surface area contributed by atoms with Crippen LogP contribution in [0.25, 0.3) is 0 Å². The number of rotatable bonds is 2. The minimum absolute atomic E-state index is 0.280. The van der Waals surface area contributed by atoms with Gasteiger partial charge in [0.15, 0.2) is 0 Å². The molecule has 1 aromatic rings. The predicted octanol–water partition coefficient (Wildman–Crippen LogP) is 2.70. The average Bonchev–Trinajstić information content (AvgIpc) is 1.97. The Kier molecular flexibility index (Phi) is 3.06. The molecule has 0 unspecified atom stereocenters. The number of hydrogen-bond acceptors (Lipinski definition) is 1. The molecule has 0 atom stereocenters. The molecule has 1 rings (SSSR count). The lowest BCUT2D eigenvalue weighted by Gasteiger charge is -2.18. The van der Waals surface area contributed by atoms with E-state index in [0.717, 1.165) is 0 Å². The van der Waals surface area contributed by atoms with Gasteiger partial charge in [0.05, 0.1) is 0 Å². The summed E-state index contributed by atoms with van der Waals surface area (Å²) in [5.41, 5.74) is 0.497. The zero-order valence-electron chi connectivity index (χ0n) is 6.85. The van der Waals surface area contributed by atoms with Crippen molar-refractivity contribution in [2.24, 2.45) is 0 Å². The number of halogens is 2. The first-order chi connectivity index (χ1) is 5.61. The molecule has 0 aliphatic carbocycles. The normalized spacial score (nSPS) is 10.8. The van der Waals surface area contributed by atoms with Gasteiger partial charge in [-0.1, -0.05) is 17.7 Å². The molecule has 66 valence electrons. The Morgan fingerprint density at radius 1 is 1.58 bits per heavy atom. The summed E-state index contributed by atoms with van der Waals surface area (Å²) in [4.78, 5) is 1.63. The second-order valence-corrected chi connectivity index (χ2v) is 3.12. The molecule has 0 bridgehead atoms. The highest BCUT2D eigenvalue weighted by Crippen LogP contribution is 2.19. The van der Waals surface area contributed by atoms with E-state index >= 15 is 0 Å². The predicted molar refractivity (Wildman–Crippen MR) is 48.2 cm³/mol. The van der Waals surface area contributed by atoms with E-state index in [1.807, 2.05) is 0 Å². The van der Waals surface area contributed by atoms with Crippen molar-refractivity contribution in [3.05, 3.63) is 41.7 Å². The van der Waals surface area contributed by atoms with Crippen LogP contribution in [0, 0.1) is 12.9 Å². The number of nitrogens with zero attached hydrogens (tertiary/aromatic N) is 1. The molecule has 0 aliphatic rings. The Labute approximate surface area is 76.8 Å². The molecule has 0 heterocycles. The van der Waals surface area contributed by atoms with E-state index in [1.54, 1.807) is 24.1 Å². The van der Waals surface area contributed by atoms with Crippen molar-refractivity contribution in [1.29, 1.82) is 0 Å². The second kappa shape index (κ2) is 3.87. The van der Waals surface area contributed by atoms with Gasteiger partial charge in [0, 0.05) is 10.6 Å². The SMILES string of the molecule is [CH2-]N(C)Cc1c(F)cccc1Cl. The Morgan fingerprint density at radius 2 is 2.25 bits per heavy atom. The minimum atomic E-state index is -0.280. The van der Waals surface area contributed by atoms with E-state index < -0.39 is 0 Å². The van der Waals surface area contributed by atoms with Crippen molar-refractivity contribution in [2.75, 3.05) is 7.05 Å². The van der Waals surface area contributed by atoms with Gasteiger partial charge in [-0.15, -0.1) is 0 Å². The van der Waals surface area contributed by atoms with E-state index in [-0.39, 0.29) is 5.82 Å². The van der Waals surface area contributed by atoms with Crippen LogP contribution in [-0.2, 0) is 6.54 Å². The molecule has 0 spiro atoms. The Hall–Kier alpha value is -0.600. The van der Waals surface area contributed by atoms with Crippen molar-refractivity contribution < 1.29 is 4.39 Å². The lowest BCUT2D eigenvalue weighted by Crippen LogP contribution is -2.09. The molecule has 0 fully saturated rings. The van der Waals surface area contributed by atoms with E-state index in [1.165, 1.54) is 6.07 Å². The van der Waals surface area contributed by atoms with Gasteiger partial charge in [-0.05, 0) is 25.7 Å². The summed E-state index contributed by atoms with van der Waals surface area (Å²) in [5.74, 6) is -0.280. The summed E-state index contributed by atoms with van der Waals surface area (Å²) in [6.45, 7) is 0.422. The first-order valence-electron chi connectivity index (χ1n) is 3.56. The summed E-state index contributed by atoms with van der Waals surface area (Å²) in [7, 11) is 5.39. The molecule has 0 radical (unpaired) electrons. The lowest BCUT2D eigenvalue weighted by atomic mass is 10.2. The summed E-state index contributed by atoms with van der Waals surface area (Å²) in [6, 6.07) is 4.65. The molecule has 3 heteroatoms. The van der Waals surface area contributed by atoms with Gasteiger partial charge in [0.1, 0.15) is 5.82 Å². The zero-order chi connectivity index (χ0) is 9.14. The van der Waals surface area contributed by atoms with Gasteiger partial charge in [-0.2, -0.15) is 0 Å². The molecule has 12 heavy (non-hydrogen) atoms. The fourth-order valence-corrected chi connectivity index (χ4v) is 1.18. The molecule has 0 saturated carbocycles. The Morgan fingerprint density at radius 3 is 2.75 bits per heavy atom. The highest BCUT2D eigenvalue weighted by atomic mass is 35.5. The molecule has 0 aromatic heterocycles. The van der Waals surface area contributed by atoms with Crippen LogP contribution in [0.1, 0.15) is 5.56 Å². The standard InChI is InChI=1S/C9H10ClFN/c1-12(2)6-7-8(10)4-3-5-9(7)11/h3-5H,1,6H2,2H3/q-1. The van der Waals surface area contributed by atoms with Crippen LogP contribution in [0.3, 0.4) is 0 Å². The third-order valence-electron chi connectivity index (χ3n) is 1.49. The van der Waals surface area contributed by atoms with Crippen LogP contribution in [0.2, 0.25) is 5.02 Å². The molecular weight excluding hydrogens is 177 g/mol. The summed E-state index contributed by atoms with van der Waals surface area (Å²) in [6.07, 6.45) is 0. The second-order valence-electron chi connectivity index (χ2n) is 2.71. The van der Waals surface area contributed by atoms with Gasteiger partial charge >= 0.3 is 0 Å². The quantitative estimate of drug-likeness (QED) is 0.642. The molecule has 1 nitrogen and oxygen atoms in total. The highest BCUT2D eigenvalue weighted by molar-refractivity contribution is 6.31. The topological polar surface area (TPSA) is 3.24 Å². The van der Waals surface area contributed by atoms with Gasteiger partial charge in [0.2, 0.25) is 0 Å². The van der Waals surface area contributed by atoms with Gasteiger partial charge in [0.25, 0.3) is 0 Å². The van der Waals surface area contributed by atoms with E-state index in [9.17, 15) is 4.39 Å². The van der Waals surface area contributed by atoms with Gasteiger partial charge < -0.3 is 4.90 Å². The van der Waals surface area contributed by atoms with Crippen molar-refractivity contribution in [2.45, 2.75) is 6.54 Å². The van der Waals surface area contributed by atoms with E-state index in [2.05, 4.69) is 7.05 Å². The van der Waals surface area contributed by atoms with Crippen molar-refractivity contribution in [1.82, 2.24) is 4.90 Å². The van der Waals surface area contributed by atoms with Crippen LogP contribution < -0.4 is 0 Å². The first kappa shape index (κ1) is 9.49. The monoisotopic (exact) mass is 186 g/mol. The van der Waals surface area contributed by atoms with E-state index in [4.69, 9.17) is 11.6 Å². The van der Waals surface area contributed by atoms with Crippen molar-refractivity contribution >= 4 is 11.6 Å². The lowest BCUT2D eigenvalue weighted by molar-refractivity contribution is 0.431. The van der Waals surface area contributed by atoms with Crippen LogP contribution in [0.15, 0.2) is 18.2 Å². The van der Waals surface area contributed by atoms with Gasteiger partial charge in [-0.25, -0.2) is 4.39 Å². The molecule has 0 aliphatic heterocycles. The van der Waals surface area contributed by atoms with Crippen molar-refractivity contribution in [3.63, 3.8) is 0 Å². The maximum absolute atomic E-state index is 13.1. The third kappa shape index (κ3) is 2.19. The fourth-order valence-electron chi connectivity index (χ4n) is 0.953. The van der Waals surface area contributed by atoms with Crippen LogP contribution in [-0.4, -0.2) is 11.9 Å². The fraction of sp³-hybridized carbons (Fsp3) is 0.222. The maximum atomic E-state index is 13.1. The van der Waals surface area contributed by atoms with E-state index in [0.29, 0.717) is 17.1 Å². The smallest absolute Gasteiger partial charge is 0.129 e. The third-order valence-corrected chi connectivity index (χ3v) is 1.84. The molecule has 0 N–H and O–H groups in total. The Bertz CT molecular complexity index is 253. The molecule has 0 saturated heterocycles. The molecule has 0 amide bonds. The minimum Gasteiger partial charge on any atom is -0.458 e. The number of hydrogen-bond donors (Lipinski definition) is 0. The van der Waals surface area contributed by atoms with Crippen LogP contribution in [0.5, 0.6) is 0 Å². The first-order valence-corrected chi connectivity index (χ1v) is 3.93. The Balaban J connectivity index is 2.96. The summed E-state index contributed by atoms with van der Waals surface area (Å²) < 4.78 is 13.1. The maximum Gasteiger partial charge on any atom is 0.129 e. The average molecular weight is 187 g/mol. The summed E-state index contributed by atoms with van der Waals surface area (Å²) in [5, 5.41) is 0.450. The zero-order valence-corrected chi connectivity index (χ0v) is 7.61. The van der Waals surface area contributed by atoms with Crippen LogP contribution >= 0.6 is 11.6 Å². The summed E-state index contributed by atoms with van der Waals surface area (Å²) >= 11 is 5.78.